The van der Waals surface area contributed by atoms with E-state index in [0.717, 1.165) is 25.7 Å². The van der Waals surface area contributed by atoms with Gasteiger partial charge in [-0.05, 0) is 24.1 Å². The molecule has 0 spiro atoms. The lowest BCUT2D eigenvalue weighted by molar-refractivity contribution is -0.145. The Balaban J connectivity index is 2.52. The largest absolute Gasteiger partial charge is 0.467 e. The monoisotopic (exact) mass is 309 g/mol. The van der Waals surface area contributed by atoms with Crippen LogP contribution in [0.25, 0.3) is 0 Å². The van der Waals surface area contributed by atoms with Crippen LogP contribution in [0, 0.1) is 5.82 Å². The average Bonchev–Trinajstić information content (AvgIpc) is 2.49. The highest BCUT2D eigenvalue weighted by Gasteiger charge is 2.21. The fraction of sp³-hybridized carbons (Fsp3) is 0.529. The molecule has 5 heteroatoms. The van der Waals surface area contributed by atoms with Crippen LogP contribution in [0.15, 0.2) is 24.3 Å². The van der Waals surface area contributed by atoms with Gasteiger partial charge < -0.3 is 10.1 Å². The Morgan fingerprint density at radius 2 is 2.05 bits per heavy atom. The van der Waals surface area contributed by atoms with Gasteiger partial charge >= 0.3 is 5.97 Å². The van der Waals surface area contributed by atoms with Crippen molar-refractivity contribution >= 4 is 11.9 Å². The van der Waals surface area contributed by atoms with Crippen LogP contribution >= 0.6 is 0 Å². The van der Waals surface area contributed by atoms with E-state index in [4.69, 9.17) is 4.74 Å². The van der Waals surface area contributed by atoms with E-state index in [1.807, 2.05) is 0 Å². The summed E-state index contributed by atoms with van der Waals surface area (Å²) in [5, 5.41) is 2.68. The molecule has 0 heterocycles. The molecule has 1 N–H and O–H groups in total. The number of ether oxygens (including phenoxy) is 1. The standard InChI is InChI=1S/C17H24FNO3/c1-3-4-5-6-10-15(17(21)22-2)19-16(20)12-13-8-7-9-14(18)11-13/h7-9,11,15H,3-6,10,12H2,1-2H3,(H,19,20)/t15-/m1/s1. The Labute approximate surface area is 131 Å². The van der Waals surface area contributed by atoms with E-state index in [9.17, 15) is 14.0 Å². The molecular weight excluding hydrogens is 285 g/mol. The van der Waals surface area contributed by atoms with Crippen LogP contribution in [0.4, 0.5) is 4.39 Å². The van der Waals surface area contributed by atoms with Crippen LogP contribution < -0.4 is 5.32 Å². The number of amides is 1. The molecule has 0 bridgehead atoms. The molecule has 1 aromatic carbocycles. The normalized spacial score (nSPS) is 11.8. The Hall–Kier alpha value is -1.91. The number of hydrogen-bond donors (Lipinski definition) is 1. The molecule has 22 heavy (non-hydrogen) atoms. The molecule has 0 saturated heterocycles. The minimum absolute atomic E-state index is 0.0419. The molecule has 0 aromatic heterocycles. The number of carbonyl (C=O) groups is 2. The smallest absolute Gasteiger partial charge is 0.328 e. The van der Waals surface area contributed by atoms with E-state index >= 15 is 0 Å². The first-order valence-electron chi connectivity index (χ1n) is 7.68. The summed E-state index contributed by atoms with van der Waals surface area (Å²) in [5.41, 5.74) is 0.576. The van der Waals surface area contributed by atoms with Gasteiger partial charge in [0.1, 0.15) is 11.9 Å². The van der Waals surface area contributed by atoms with Gasteiger partial charge in [-0.25, -0.2) is 9.18 Å². The first-order valence-corrected chi connectivity index (χ1v) is 7.68. The van der Waals surface area contributed by atoms with Crippen molar-refractivity contribution in [3.8, 4) is 0 Å². The van der Waals surface area contributed by atoms with Crippen molar-refractivity contribution in [2.45, 2.75) is 51.5 Å². The molecule has 1 amide bonds. The highest BCUT2D eigenvalue weighted by Crippen LogP contribution is 2.08. The van der Waals surface area contributed by atoms with Crippen LogP contribution in [-0.4, -0.2) is 25.0 Å². The van der Waals surface area contributed by atoms with Gasteiger partial charge in [0.2, 0.25) is 5.91 Å². The minimum Gasteiger partial charge on any atom is -0.467 e. The van der Waals surface area contributed by atoms with Crippen molar-refractivity contribution in [2.24, 2.45) is 0 Å². The molecular formula is C17H24FNO3. The predicted molar refractivity (Wildman–Crippen MR) is 82.8 cm³/mol. The second-order valence-electron chi connectivity index (χ2n) is 5.30. The Kier molecular flexibility index (Phi) is 8.18. The number of nitrogens with one attached hydrogen (secondary N) is 1. The number of hydrogen-bond acceptors (Lipinski definition) is 3. The van der Waals surface area contributed by atoms with Gasteiger partial charge in [0, 0.05) is 0 Å². The van der Waals surface area contributed by atoms with Gasteiger partial charge in [0.25, 0.3) is 0 Å². The topological polar surface area (TPSA) is 55.4 Å². The zero-order chi connectivity index (χ0) is 16.4. The van der Waals surface area contributed by atoms with Crippen LogP contribution in [0.1, 0.15) is 44.6 Å². The van der Waals surface area contributed by atoms with E-state index in [0.29, 0.717) is 12.0 Å². The lowest BCUT2D eigenvalue weighted by Crippen LogP contribution is -2.42. The maximum Gasteiger partial charge on any atom is 0.328 e. The van der Waals surface area contributed by atoms with Gasteiger partial charge in [0.15, 0.2) is 0 Å². The lowest BCUT2D eigenvalue weighted by Gasteiger charge is -2.16. The molecule has 0 aliphatic carbocycles. The molecule has 0 aliphatic rings. The van der Waals surface area contributed by atoms with E-state index in [2.05, 4.69) is 12.2 Å². The number of esters is 1. The summed E-state index contributed by atoms with van der Waals surface area (Å²) in [6.07, 6.45) is 4.68. The van der Waals surface area contributed by atoms with E-state index in [-0.39, 0.29) is 18.1 Å². The summed E-state index contributed by atoms with van der Waals surface area (Å²) in [6, 6.07) is 5.24. The summed E-state index contributed by atoms with van der Waals surface area (Å²) in [5.74, 6) is -1.13. The van der Waals surface area contributed by atoms with E-state index in [1.54, 1.807) is 12.1 Å². The SMILES string of the molecule is CCCCCC[C@@H](NC(=O)Cc1cccc(F)c1)C(=O)OC. The van der Waals surface area contributed by atoms with Gasteiger partial charge in [-0.3, -0.25) is 4.79 Å². The average molecular weight is 309 g/mol. The first kappa shape index (κ1) is 18.1. The van der Waals surface area contributed by atoms with Crippen molar-refractivity contribution in [2.75, 3.05) is 7.11 Å². The molecule has 122 valence electrons. The number of carbonyl (C=O) groups excluding carboxylic acids is 2. The molecule has 0 unspecified atom stereocenters. The van der Waals surface area contributed by atoms with E-state index < -0.39 is 12.0 Å². The predicted octanol–water partition coefficient (Wildman–Crippen LogP) is 3.00. The van der Waals surface area contributed by atoms with Crippen LogP contribution in [0.5, 0.6) is 0 Å². The quantitative estimate of drug-likeness (QED) is 0.563. The van der Waals surface area contributed by atoms with Crippen molar-refractivity contribution in [3.05, 3.63) is 35.6 Å². The second-order valence-corrected chi connectivity index (χ2v) is 5.30. The fourth-order valence-corrected chi connectivity index (χ4v) is 2.24. The third-order valence-corrected chi connectivity index (χ3v) is 3.42. The molecule has 0 aliphatic heterocycles. The van der Waals surface area contributed by atoms with Crippen LogP contribution in [0.3, 0.4) is 0 Å². The Morgan fingerprint density at radius 1 is 1.27 bits per heavy atom. The molecule has 0 radical (unpaired) electrons. The fourth-order valence-electron chi connectivity index (χ4n) is 2.24. The summed E-state index contributed by atoms with van der Waals surface area (Å²) < 4.78 is 17.8. The van der Waals surface area contributed by atoms with Crippen molar-refractivity contribution < 1.29 is 18.7 Å². The highest BCUT2D eigenvalue weighted by molar-refractivity contribution is 5.85. The Bertz CT molecular complexity index is 491. The highest BCUT2D eigenvalue weighted by atomic mass is 19.1. The molecule has 0 saturated carbocycles. The Morgan fingerprint density at radius 3 is 2.68 bits per heavy atom. The molecule has 4 nitrogen and oxygen atoms in total. The lowest BCUT2D eigenvalue weighted by atomic mass is 10.1. The van der Waals surface area contributed by atoms with Gasteiger partial charge in [-0.1, -0.05) is 44.7 Å². The molecule has 1 atom stereocenters. The van der Waals surface area contributed by atoms with Gasteiger partial charge in [0.05, 0.1) is 13.5 Å². The van der Waals surface area contributed by atoms with Crippen molar-refractivity contribution in [1.29, 1.82) is 0 Å². The number of benzene rings is 1. The zero-order valence-electron chi connectivity index (χ0n) is 13.2. The third-order valence-electron chi connectivity index (χ3n) is 3.42. The maximum atomic E-state index is 13.1. The minimum atomic E-state index is -0.636. The molecule has 1 aromatic rings. The number of rotatable bonds is 9. The van der Waals surface area contributed by atoms with Gasteiger partial charge in [-0.2, -0.15) is 0 Å². The zero-order valence-corrected chi connectivity index (χ0v) is 13.2. The molecule has 0 fully saturated rings. The summed E-state index contributed by atoms with van der Waals surface area (Å²) >= 11 is 0. The van der Waals surface area contributed by atoms with Crippen molar-refractivity contribution in [1.82, 2.24) is 5.32 Å². The number of methoxy groups -OCH3 is 1. The van der Waals surface area contributed by atoms with Crippen molar-refractivity contribution in [3.63, 3.8) is 0 Å². The summed E-state index contributed by atoms with van der Waals surface area (Å²) in [6.45, 7) is 2.11. The van der Waals surface area contributed by atoms with Gasteiger partial charge in [-0.15, -0.1) is 0 Å². The van der Waals surface area contributed by atoms with E-state index in [1.165, 1.54) is 19.2 Å². The number of halogens is 1. The molecule has 1 rings (SSSR count). The third kappa shape index (κ3) is 6.70. The van der Waals surface area contributed by atoms with Crippen LogP contribution in [-0.2, 0) is 20.7 Å². The first-order chi connectivity index (χ1) is 10.6. The number of unbranched alkanes of at least 4 members (excludes halogenated alkanes) is 3. The maximum absolute atomic E-state index is 13.1. The second kappa shape index (κ2) is 9.92. The summed E-state index contributed by atoms with van der Waals surface area (Å²) in [4.78, 5) is 23.7. The summed E-state index contributed by atoms with van der Waals surface area (Å²) in [7, 11) is 1.31. The van der Waals surface area contributed by atoms with Crippen LogP contribution in [0.2, 0.25) is 0 Å².